The van der Waals surface area contributed by atoms with Crippen molar-refractivity contribution in [1.29, 1.82) is 0 Å². The van der Waals surface area contributed by atoms with Gasteiger partial charge >= 0.3 is 17.9 Å². The second-order valence-corrected chi connectivity index (χ2v) is 11.3. The van der Waals surface area contributed by atoms with Crippen LogP contribution in [0.2, 0.25) is 0 Å². The highest BCUT2D eigenvalue weighted by Crippen LogP contribution is 2.21. The SMILES string of the molecule is CCCCCCCCOC(=O)CC(CC(=O)OCCCCCCCC)CC(=O)OC(CC)C(CC(C)C)OC=O. The van der Waals surface area contributed by atoms with Crippen molar-refractivity contribution in [3.63, 3.8) is 0 Å². The van der Waals surface area contributed by atoms with Gasteiger partial charge < -0.3 is 18.9 Å². The third-order valence-corrected chi connectivity index (χ3v) is 6.92. The Morgan fingerprint density at radius 3 is 1.50 bits per heavy atom. The first-order valence-corrected chi connectivity index (χ1v) is 15.9. The smallest absolute Gasteiger partial charge is 0.306 e. The van der Waals surface area contributed by atoms with Gasteiger partial charge in [0, 0.05) is 19.3 Å². The summed E-state index contributed by atoms with van der Waals surface area (Å²) in [5, 5.41) is 0. The average molecular weight is 571 g/mol. The Balaban J connectivity index is 4.95. The van der Waals surface area contributed by atoms with E-state index in [9.17, 15) is 19.2 Å². The Kier molecular flexibility index (Phi) is 24.5. The highest BCUT2D eigenvalue weighted by molar-refractivity contribution is 5.76. The van der Waals surface area contributed by atoms with E-state index in [0.29, 0.717) is 32.5 Å². The fourth-order valence-electron chi connectivity index (χ4n) is 4.65. The first kappa shape index (κ1) is 37.9. The molecule has 0 aromatic heterocycles. The van der Waals surface area contributed by atoms with E-state index in [-0.39, 0.29) is 25.2 Å². The first-order chi connectivity index (χ1) is 19.3. The van der Waals surface area contributed by atoms with Gasteiger partial charge in [-0.1, -0.05) is 98.8 Å². The number of hydrogen-bond acceptors (Lipinski definition) is 8. The molecule has 0 saturated heterocycles. The number of carbonyl (C=O) groups excluding carboxylic acids is 4. The van der Waals surface area contributed by atoms with E-state index in [2.05, 4.69) is 13.8 Å². The lowest BCUT2D eigenvalue weighted by Crippen LogP contribution is -2.35. The molecule has 0 rings (SSSR count). The van der Waals surface area contributed by atoms with Gasteiger partial charge in [-0.05, 0) is 37.5 Å². The monoisotopic (exact) mass is 570 g/mol. The highest BCUT2D eigenvalue weighted by Gasteiger charge is 2.29. The zero-order valence-corrected chi connectivity index (χ0v) is 26.1. The van der Waals surface area contributed by atoms with E-state index in [0.717, 1.165) is 38.5 Å². The quantitative estimate of drug-likeness (QED) is 0.0433. The van der Waals surface area contributed by atoms with Crippen LogP contribution in [0.4, 0.5) is 0 Å². The first-order valence-electron chi connectivity index (χ1n) is 15.9. The second kappa shape index (κ2) is 25.8. The average Bonchev–Trinajstić information content (AvgIpc) is 2.90. The van der Waals surface area contributed by atoms with Crippen LogP contribution in [-0.2, 0) is 38.1 Å². The molecule has 0 bridgehead atoms. The van der Waals surface area contributed by atoms with Crippen molar-refractivity contribution in [2.45, 2.75) is 156 Å². The molecule has 0 radical (unpaired) electrons. The molecule has 0 heterocycles. The van der Waals surface area contributed by atoms with Gasteiger partial charge in [-0.3, -0.25) is 19.2 Å². The normalized spacial score (nSPS) is 12.7. The maximum Gasteiger partial charge on any atom is 0.306 e. The number of ether oxygens (including phenoxy) is 4. The largest absolute Gasteiger partial charge is 0.466 e. The Morgan fingerprint density at radius 2 is 1.07 bits per heavy atom. The topological polar surface area (TPSA) is 105 Å². The number of esters is 3. The van der Waals surface area contributed by atoms with Gasteiger partial charge in [0.15, 0.2) is 0 Å². The fraction of sp³-hybridized carbons (Fsp3) is 0.875. The standard InChI is InChI=1S/C32H58O8/c1-6-9-11-13-15-17-19-37-30(34)22-27(23-31(35)38-20-18-16-14-12-10-7-2)24-32(36)40-28(8-3)29(39-25-33)21-26(4)5/h25-29H,6-24H2,1-5H3. The predicted molar refractivity (Wildman–Crippen MR) is 157 cm³/mol. The molecule has 2 unspecified atom stereocenters. The third-order valence-electron chi connectivity index (χ3n) is 6.92. The lowest BCUT2D eigenvalue weighted by Gasteiger charge is -2.26. The van der Waals surface area contributed by atoms with E-state index < -0.39 is 36.0 Å². The van der Waals surface area contributed by atoms with Crippen LogP contribution in [0.1, 0.15) is 144 Å². The maximum absolute atomic E-state index is 12.9. The van der Waals surface area contributed by atoms with Gasteiger partial charge in [0.05, 0.1) is 13.2 Å². The van der Waals surface area contributed by atoms with Gasteiger partial charge in [-0.2, -0.15) is 0 Å². The van der Waals surface area contributed by atoms with Crippen LogP contribution in [0, 0.1) is 11.8 Å². The molecule has 2 atom stereocenters. The van der Waals surface area contributed by atoms with E-state index in [1.165, 1.54) is 38.5 Å². The molecule has 40 heavy (non-hydrogen) atoms. The van der Waals surface area contributed by atoms with Gasteiger partial charge in [0.1, 0.15) is 12.2 Å². The van der Waals surface area contributed by atoms with Crippen LogP contribution in [-0.4, -0.2) is 49.8 Å². The van der Waals surface area contributed by atoms with Crippen molar-refractivity contribution in [3.05, 3.63) is 0 Å². The fourth-order valence-corrected chi connectivity index (χ4v) is 4.65. The van der Waals surface area contributed by atoms with Crippen LogP contribution < -0.4 is 0 Å². The second-order valence-electron chi connectivity index (χ2n) is 11.3. The summed E-state index contributed by atoms with van der Waals surface area (Å²) in [4.78, 5) is 49.0. The Morgan fingerprint density at radius 1 is 0.625 bits per heavy atom. The molecule has 8 heteroatoms. The van der Waals surface area contributed by atoms with Gasteiger partial charge in [-0.15, -0.1) is 0 Å². The van der Waals surface area contributed by atoms with E-state index in [4.69, 9.17) is 18.9 Å². The molecule has 0 amide bonds. The summed E-state index contributed by atoms with van der Waals surface area (Å²) in [7, 11) is 0. The van der Waals surface area contributed by atoms with E-state index in [1.54, 1.807) is 0 Å². The molecule has 0 N–H and O–H groups in total. The molecule has 0 saturated carbocycles. The van der Waals surface area contributed by atoms with Crippen LogP contribution in [0.25, 0.3) is 0 Å². The van der Waals surface area contributed by atoms with Crippen molar-refractivity contribution in [1.82, 2.24) is 0 Å². The van der Waals surface area contributed by atoms with Crippen molar-refractivity contribution < 1.29 is 38.1 Å². The zero-order chi connectivity index (χ0) is 30.0. The van der Waals surface area contributed by atoms with Crippen molar-refractivity contribution in [2.24, 2.45) is 11.8 Å². The molecule has 0 spiro atoms. The highest BCUT2D eigenvalue weighted by atomic mass is 16.6. The Bertz CT molecular complexity index is 631. The van der Waals surface area contributed by atoms with Crippen LogP contribution in [0.5, 0.6) is 0 Å². The minimum Gasteiger partial charge on any atom is -0.466 e. The zero-order valence-electron chi connectivity index (χ0n) is 26.1. The molecule has 0 aromatic carbocycles. The molecule has 8 nitrogen and oxygen atoms in total. The Labute approximate surface area is 243 Å². The summed E-state index contributed by atoms with van der Waals surface area (Å²) >= 11 is 0. The summed E-state index contributed by atoms with van der Waals surface area (Å²) in [6.45, 7) is 11.2. The van der Waals surface area contributed by atoms with Crippen LogP contribution >= 0.6 is 0 Å². The molecule has 234 valence electrons. The lowest BCUT2D eigenvalue weighted by molar-refractivity contribution is -0.164. The molecule has 0 fully saturated rings. The molecule has 0 aliphatic carbocycles. The summed E-state index contributed by atoms with van der Waals surface area (Å²) in [5.74, 6) is -1.73. The lowest BCUT2D eigenvalue weighted by atomic mass is 9.97. The third kappa shape index (κ3) is 21.7. The summed E-state index contributed by atoms with van der Waals surface area (Å²) in [6.07, 6.45) is 12.7. The summed E-state index contributed by atoms with van der Waals surface area (Å²) in [6, 6.07) is 0. The van der Waals surface area contributed by atoms with Crippen LogP contribution in [0.15, 0.2) is 0 Å². The van der Waals surface area contributed by atoms with Crippen LogP contribution in [0.3, 0.4) is 0 Å². The van der Waals surface area contributed by atoms with Gasteiger partial charge in [0.2, 0.25) is 0 Å². The molecule has 0 aliphatic rings. The van der Waals surface area contributed by atoms with Crippen molar-refractivity contribution in [3.8, 4) is 0 Å². The van der Waals surface area contributed by atoms with E-state index >= 15 is 0 Å². The minimum absolute atomic E-state index is 0.0614. The molecule has 0 aromatic rings. The van der Waals surface area contributed by atoms with Crippen molar-refractivity contribution in [2.75, 3.05) is 13.2 Å². The predicted octanol–water partition coefficient (Wildman–Crippen LogP) is 7.49. The number of carbonyl (C=O) groups is 4. The Hall–Kier alpha value is -2.12. The maximum atomic E-state index is 12.9. The summed E-state index contributed by atoms with van der Waals surface area (Å²) in [5.41, 5.74) is 0. The molecular formula is C32H58O8. The number of hydrogen-bond donors (Lipinski definition) is 0. The van der Waals surface area contributed by atoms with E-state index in [1.807, 2.05) is 20.8 Å². The minimum atomic E-state index is -0.597. The van der Waals surface area contributed by atoms with Gasteiger partial charge in [0.25, 0.3) is 6.47 Å². The number of unbranched alkanes of at least 4 members (excludes halogenated alkanes) is 10. The summed E-state index contributed by atoms with van der Waals surface area (Å²) < 4.78 is 21.7. The molecular weight excluding hydrogens is 512 g/mol. The van der Waals surface area contributed by atoms with Gasteiger partial charge in [-0.25, -0.2) is 0 Å². The van der Waals surface area contributed by atoms with Crippen molar-refractivity contribution >= 4 is 24.4 Å². The molecule has 0 aliphatic heterocycles. The number of rotatable bonds is 27.